The summed E-state index contributed by atoms with van der Waals surface area (Å²) in [6.45, 7) is 2.17. The van der Waals surface area contributed by atoms with E-state index in [9.17, 15) is 0 Å². The lowest BCUT2D eigenvalue weighted by atomic mass is 10.3. The van der Waals surface area contributed by atoms with E-state index in [-0.39, 0.29) is 6.61 Å². The molecular formula is C10H11N3OS. The quantitative estimate of drug-likeness (QED) is 0.772. The highest BCUT2D eigenvalue weighted by molar-refractivity contribution is 7.80. The molecule has 78 valence electrons. The summed E-state index contributed by atoms with van der Waals surface area (Å²) in [5.41, 5.74) is 7.22. The Labute approximate surface area is 92.4 Å². The molecule has 1 aromatic heterocycles. The lowest BCUT2D eigenvalue weighted by Gasteiger charge is -2.03. The fourth-order valence-electron chi connectivity index (χ4n) is 1.36. The molecule has 0 amide bonds. The number of aromatic nitrogens is 2. The Morgan fingerprint density at radius 3 is 3.13 bits per heavy atom. The lowest BCUT2D eigenvalue weighted by molar-refractivity contribution is 0.378. The number of ether oxygens (including phenoxy) is 1. The molecular weight excluding hydrogens is 210 g/mol. The first-order chi connectivity index (χ1) is 7.15. The first kappa shape index (κ1) is 9.92. The number of nitrogens with two attached hydrogens (primary N) is 1. The monoisotopic (exact) mass is 221 g/mol. The molecule has 0 aliphatic heterocycles. The van der Waals surface area contributed by atoms with Gasteiger partial charge in [0.25, 0.3) is 0 Å². The predicted molar refractivity (Wildman–Crippen MR) is 63.1 cm³/mol. The van der Waals surface area contributed by atoms with Crippen molar-refractivity contribution in [1.82, 2.24) is 9.97 Å². The molecule has 2 rings (SSSR count). The minimum absolute atomic E-state index is 0.258. The van der Waals surface area contributed by atoms with Crippen LogP contribution in [0.1, 0.15) is 5.82 Å². The number of hydrogen-bond acceptors (Lipinski definition) is 3. The van der Waals surface area contributed by atoms with Crippen LogP contribution in [-0.4, -0.2) is 21.6 Å². The molecule has 0 unspecified atom stereocenters. The average Bonchev–Trinajstić information content (AvgIpc) is 2.53. The molecule has 5 heteroatoms. The van der Waals surface area contributed by atoms with Gasteiger partial charge in [-0.05, 0) is 19.1 Å². The molecule has 0 atom stereocenters. The van der Waals surface area contributed by atoms with Gasteiger partial charge < -0.3 is 15.5 Å². The van der Waals surface area contributed by atoms with Crippen LogP contribution in [0.2, 0.25) is 0 Å². The second-order valence-electron chi connectivity index (χ2n) is 3.26. The summed E-state index contributed by atoms with van der Waals surface area (Å²) in [6, 6.07) is 5.63. The van der Waals surface area contributed by atoms with Gasteiger partial charge >= 0.3 is 0 Å². The zero-order chi connectivity index (χ0) is 10.8. The number of H-pyrrole nitrogens is 1. The maximum Gasteiger partial charge on any atom is 0.138 e. The fraction of sp³-hybridized carbons (Fsp3) is 0.200. The molecule has 2 aromatic rings. The topological polar surface area (TPSA) is 63.9 Å². The third-order valence-electron chi connectivity index (χ3n) is 1.95. The number of nitrogens with zero attached hydrogens (tertiary/aromatic N) is 1. The third-order valence-corrected chi connectivity index (χ3v) is 2.07. The maximum atomic E-state index is 5.37. The molecule has 4 nitrogen and oxygen atoms in total. The first-order valence-corrected chi connectivity index (χ1v) is 4.93. The molecule has 0 bridgehead atoms. The van der Waals surface area contributed by atoms with Crippen LogP contribution < -0.4 is 10.5 Å². The Kier molecular flexibility index (Phi) is 2.55. The highest BCUT2D eigenvalue weighted by Gasteiger charge is 2.01. The van der Waals surface area contributed by atoms with Gasteiger partial charge in [0.15, 0.2) is 0 Å². The van der Waals surface area contributed by atoms with E-state index in [4.69, 9.17) is 22.7 Å². The first-order valence-electron chi connectivity index (χ1n) is 4.52. The molecule has 1 heterocycles. The minimum atomic E-state index is 0.258. The van der Waals surface area contributed by atoms with Crippen LogP contribution in [0, 0.1) is 6.92 Å². The van der Waals surface area contributed by atoms with Crippen molar-refractivity contribution in [1.29, 1.82) is 0 Å². The fourth-order valence-corrected chi connectivity index (χ4v) is 1.42. The molecule has 0 aliphatic carbocycles. The van der Waals surface area contributed by atoms with E-state index in [0.29, 0.717) is 4.99 Å². The van der Waals surface area contributed by atoms with Gasteiger partial charge in [0.2, 0.25) is 0 Å². The van der Waals surface area contributed by atoms with Crippen LogP contribution in [0.3, 0.4) is 0 Å². The second-order valence-corrected chi connectivity index (χ2v) is 3.78. The van der Waals surface area contributed by atoms with Crippen LogP contribution >= 0.6 is 12.2 Å². The number of nitrogens with one attached hydrogen (secondary N) is 1. The van der Waals surface area contributed by atoms with E-state index in [1.165, 1.54) is 0 Å². The Balaban J connectivity index is 2.26. The molecule has 0 saturated carbocycles. The zero-order valence-corrected chi connectivity index (χ0v) is 9.10. The summed E-state index contributed by atoms with van der Waals surface area (Å²) in [5.74, 6) is 1.62. The Morgan fingerprint density at radius 2 is 2.40 bits per heavy atom. The summed E-state index contributed by atoms with van der Waals surface area (Å²) in [5, 5.41) is 0. The molecule has 0 radical (unpaired) electrons. The molecule has 3 N–H and O–H groups in total. The van der Waals surface area contributed by atoms with Gasteiger partial charge in [-0.2, -0.15) is 0 Å². The molecule has 0 aliphatic rings. The smallest absolute Gasteiger partial charge is 0.138 e. The zero-order valence-electron chi connectivity index (χ0n) is 8.28. The van der Waals surface area contributed by atoms with Crippen molar-refractivity contribution in [3.63, 3.8) is 0 Å². The van der Waals surface area contributed by atoms with Gasteiger partial charge in [-0.1, -0.05) is 12.2 Å². The van der Waals surface area contributed by atoms with Gasteiger partial charge in [-0.25, -0.2) is 4.98 Å². The van der Waals surface area contributed by atoms with E-state index < -0.39 is 0 Å². The summed E-state index contributed by atoms with van der Waals surface area (Å²) in [6.07, 6.45) is 0. The van der Waals surface area contributed by atoms with Gasteiger partial charge in [-0.15, -0.1) is 0 Å². The Morgan fingerprint density at radius 1 is 1.60 bits per heavy atom. The summed E-state index contributed by atoms with van der Waals surface area (Å²) in [7, 11) is 0. The van der Waals surface area contributed by atoms with Crippen molar-refractivity contribution < 1.29 is 4.74 Å². The normalized spacial score (nSPS) is 10.5. The highest BCUT2D eigenvalue weighted by Crippen LogP contribution is 2.18. The van der Waals surface area contributed by atoms with Crippen LogP contribution in [0.5, 0.6) is 5.75 Å². The highest BCUT2D eigenvalue weighted by atomic mass is 32.1. The average molecular weight is 221 g/mol. The van der Waals surface area contributed by atoms with Crippen molar-refractivity contribution in [2.45, 2.75) is 6.92 Å². The number of aryl methyl sites for hydroxylation is 1. The summed E-state index contributed by atoms with van der Waals surface area (Å²) in [4.78, 5) is 7.76. The molecule has 0 spiro atoms. The SMILES string of the molecule is Cc1nc2ccc(OCC(N)=S)cc2[nH]1. The Hall–Kier alpha value is -1.62. The largest absolute Gasteiger partial charge is 0.486 e. The van der Waals surface area contributed by atoms with Crippen molar-refractivity contribution in [3.05, 3.63) is 24.0 Å². The van der Waals surface area contributed by atoms with Crippen molar-refractivity contribution in [2.24, 2.45) is 5.73 Å². The van der Waals surface area contributed by atoms with E-state index >= 15 is 0 Å². The van der Waals surface area contributed by atoms with Crippen molar-refractivity contribution in [2.75, 3.05) is 6.61 Å². The van der Waals surface area contributed by atoms with Crippen molar-refractivity contribution in [3.8, 4) is 5.75 Å². The van der Waals surface area contributed by atoms with E-state index in [1.54, 1.807) is 0 Å². The Bertz CT molecular complexity index is 506. The summed E-state index contributed by atoms with van der Waals surface area (Å²) >= 11 is 4.73. The van der Waals surface area contributed by atoms with E-state index in [2.05, 4.69) is 9.97 Å². The standard InChI is InChI=1S/C10H11N3OS/c1-6-12-8-3-2-7(4-9(8)13-6)14-5-10(11)15/h2-4H,5H2,1H3,(H2,11,15)(H,12,13). The van der Waals surface area contributed by atoms with Crippen LogP contribution in [-0.2, 0) is 0 Å². The third kappa shape index (κ3) is 2.24. The van der Waals surface area contributed by atoms with Crippen molar-refractivity contribution >= 4 is 28.2 Å². The van der Waals surface area contributed by atoms with Crippen LogP contribution in [0.4, 0.5) is 0 Å². The number of aromatic amines is 1. The van der Waals surface area contributed by atoms with Gasteiger partial charge in [-0.3, -0.25) is 0 Å². The van der Waals surface area contributed by atoms with Crippen LogP contribution in [0.15, 0.2) is 18.2 Å². The second kappa shape index (κ2) is 3.86. The van der Waals surface area contributed by atoms with Gasteiger partial charge in [0.1, 0.15) is 23.2 Å². The number of benzene rings is 1. The number of thiocarbonyl (C=S) groups is 1. The number of hydrogen-bond donors (Lipinski definition) is 2. The van der Waals surface area contributed by atoms with Gasteiger partial charge in [0.05, 0.1) is 11.0 Å². The molecule has 15 heavy (non-hydrogen) atoms. The number of imidazole rings is 1. The molecule has 1 aromatic carbocycles. The molecule has 0 saturated heterocycles. The number of fused-ring (bicyclic) bond motifs is 1. The maximum absolute atomic E-state index is 5.37. The predicted octanol–water partition coefficient (Wildman–Crippen LogP) is 1.54. The van der Waals surface area contributed by atoms with E-state index in [1.807, 2.05) is 25.1 Å². The lowest BCUT2D eigenvalue weighted by Crippen LogP contribution is -2.17. The minimum Gasteiger partial charge on any atom is -0.486 e. The van der Waals surface area contributed by atoms with E-state index in [0.717, 1.165) is 22.6 Å². The van der Waals surface area contributed by atoms with Crippen LogP contribution in [0.25, 0.3) is 11.0 Å². The number of rotatable bonds is 3. The summed E-state index contributed by atoms with van der Waals surface area (Å²) < 4.78 is 5.37. The van der Waals surface area contributed by atoms with Gasteiger partial charge in [0, 0.05) is 6.07 Å². The molecule has 0 fully saturated rings.